The van der Waals surface area contributed by atoms with Gasteiger partial charge in [-0.05, 0) is 39.7 Å². The quantitative estimate of drug-likeness (QED) is 0.669. The molecule has 0 saturated heterocycles. The zero-order chi connectivity index (χ0) is 14.3. The molecule has 0 atom stereocenters. The van der Waals surface area contributed by atoms with Crippen LogP contribution in [-0.2, 0) is 0 Å². The molecule has 0 saturated carbocycles. The van der Waals surface area contributed by atoms with Crippen LogP contribution in [0.1, 0.15) is 0 Å². The number of pyridine rings is 1. The van der Waals surface area contributed by atoms with Crippen molar-refractivity contribution in [2.24, 2.45) is 0 Å². The highest BCUT2D eigenvalue weighted by Gasteiger charge is 2.10. The average Bonchev–Trinajstić information content (AvgIpc) is 2.43. The summed E-state index contributed by atoms with van der Waals surface area (Å²) in [6, 6.07) is 6.71. The first kappa shape index (κ1) is 12.7. The second-order valence-electron chi connectivity index (χ2n) is 4.19. The molecule has 5 nitrogen and oxygen atoms in total. The van der Waals surface area contributed by atoms with Gasteiger partial charge in [0.1, 0.15) is 5.82 Å². The van der Waals surface area contributed by atoms with Crippen LogP contribution in [0.15, 0.2) is 39.7 Å². The molecule has 0 aliphatic rings. The van der Waals surface area contributed by atoms with Gasteiger partial charge in [0, 0.05) is 10.9 Å². The minimum absolute atomic E-state index is 0.0860. The zero-order valence-electron chi connectivity index (χ0n) is 10.0. The van der Waals surface area contributed by atoms with Crippen LogP contribution in [0.2, 0.25) is 0 Å². The number of H-pyrrole nitrogens is 1. The van der Waals surface area contributed by atoms with Gasteiger partial charge in [0.25, 0.3) is 5.56 Å². The van der Waals surface area contributed by atoms with Crippen LogP contribution < -0.4 is 11.3 Å². The smallest absolute Gasteiger partial charge is 0.272 e. The molecule has 0 spiro atoms. The van der Waals surface area contributed by atoms with Crippen molar-refractivity contribution in [2.45, 2.75) is 0 Å². The van der Waals surface area contributed by atoms with Gasteiger partial charge in [-0.1, -0.05) is 6.07 Å². The van der Waals surface area contributed by atoms with Crippen LogP contribution in [0.25, 0.3) is 21.9 Å². The van der Waals surface area contributed by atoms with Crippen molar-refractivity contribution in [3.63, 3.8) is 0 Å². The van der Waals surface area contributed by atoms with E-state index in [9.17, 15) is 9.18 Å². The number of nitrogen functional groups attached to an aromatic ring is 1. The highest BCUT2D eigenvalue weighted by atomic mass is 79.9. The lowest BCUT2D eigenvalue weighted by Gasteiger charge is -2.07. The van der Waals surface area contributed by atoms with Gasteiger partial charge in [-0.2, -0.15) is 9.49 Å². The summed E-state index contributed by atoms with van der Waals surface area (Å²) >= 11 is 3.08. The summed E-state index contributed by atoms with van der Waals surface area (Å²) in [6.45, 7) is 0. The van der Waals surface area contributed by atoms with Crippen LogP contribution >= 0.6 is 15.9 Å². The van der Waals surface area contributed by atoms with Gasteiger partial charge in [0.05, 0.1) is 16.1 Å². The normalized spacial score (nSPS) is 10.9. The van der Waals surface area contributed by atoms with Gasteiger partial charge in [0.2, 0.25) is 5.95 Å². The number of nitrogens with one attached hydrogen (secondary N) is 1. The molecule has 1 aromatic carbocycles. The number of rotatable bonds is 1. The summed E-state index contributed by atoms with van der Waals surface area (Å²) in [4.78, 5) is 15.2. The van der Waals surface area contributed by atoms with E-state index in [0.29, 0.717) is 16.3 Å². The van der Waals surface area contributed by atoms with Crippen LogP contribution in [0, 0.1) is 5.95 Å². The van der Waals surface area contributed by atoms with E-state index in [1.54, 1.807) is 30.5 Å². The predicted molar refractivity (Wildman–Crippen MR) is 77.7 cm³/mol. The Balaban J connectivity index is 2.25. The second-order valence-corrected chi connectivity index (χ2v) is 5.05. The summed E-state index contributed by atoms with van der Waals surface area (Å²) in [5.41, 5.74) is 6.79. The number of aromatic amines is 1. The minimum atomic E-state index is -0.662. The monoisotopic (exact) mass is 334 g/mol. The number of fused-ring (bicyclic) bond motifs is 1. The Labute approximate surface area is 120 Å². The Bertz CT molecular complexity index is 878. The van der Waals surface area contributed by atoms with E-state index >= 15 is 0 Å². The first-order chi connectivity index (χ1) is 9.56. The number of aromatic nitrogens is 3. The average molecular weight is 335 g/mol. The number of nitrogens with zero attached hydrogens (tertiary/aromatic N) is 2. The van der Waals surface area contributed by atoms with Gasteiger partial charge in [-0.3, -0.25) is 4.79 Å². The van der Waals surface area contributed by atoms with Gasteiger partial charge in [-0.15, -0.1) is 0 Å². The maximum Gasteiger partial charge on any atom is 0.272 e. The van der Waals surface area contributed by atoms with Crippen LogP contribution in [0.5, 0.6) is 0 Å². The lowest BCUT2D eigenvalue weighted by molar-refractivity contribution is 0.579. The zero-order valence-corrected chi connectivity index (χ0v) is 11.6. The fourth-order valence-electron chi connectivity index (χ4n) is 1.98. The fourth-order valence-corrected chi connectivity index (χ4v) is 2.29. The molecule has 0 aliphatic carbocycles. The summed E-state index contributed by atoms with van der Waals surface area (Å²) in [7, 11) is 0. The van der Waals surface area contributed by atoms with Crippen LogP contribution in [0.4, 0.5) is 10.2 Å². The van der Waals surface area contributed by atoms with Gasteiger partial charge < -0.3 is 5.73 Å². The van der Waals surface area contributed by atoms with E-state index in [0.717, 1.165) is 5.56 Å². The van der Waals surface area contributed by atoms with Crippen molar-refractivity contribution < 1.29 is 4.39 Å². The molecule has 0 unspecified atom stereocenters. The summed E-state index contributed by atoms with van der Waals surface area (Å²) in [5, 5.41) is 7.31. The third-order valence-corrected chi connectivity index (χ3v) is 3.50. The van der Waals surface area contributed by atoms with Crippen molar-refractivity contribution in [2.75, 3.05) is 5.73 Å². The topological polar surface area (TPSA) is 84.7 Å². The molecule has 2 aromatic heterocycles. The molecular weight excluding hydrogens is 327 g/mol. The SMILES string of the molecule is Nc1nc(F)c(Br)cc1-c1ccc2c(=O)[nH]ncc2c1. The number of halogens is 2. The standard InChI is InChI=1S/C13H8BrFN4O/c14-10-4-9(12(16)18-11(10)15)6-1-2-8-7(3-6)5-17-19-13(8)20/h1-5H,(H2,16,18)(H,19,20). The molecule has 0 bridgehead atoms. The van der Waals surface area contributed by atoms with E-state index in [-0.39, 0.29) is 15.8 Å². The number of benzene rings is 1. The fraction of sp³-hybridized carbons (Fsp3) is 0. The first-order valence-corrected chi connectivity index (χ1v) is 6.45. The Kier molecular flexibility index (Phi) is 2.98. The largest absolute Gasteiger partial charge is 0.383 e. The Morgan fingerprint density at radius 3 is 2.90 bits per heavy atom. The third-order valence-electron chi connectivity index (χ3n) is 2.94. The number of hydrogen-bond donors (Lipinski definition) is 2. The van der Waals surface area contributed by atoms with E-state index in [4.69, 9.17) is 5.73 Å². The van der Waals surface area contributed by atoms with Crippen LogP contribution in [0.3, 0.4) is 0 Å². The Morgan fingerprint density at radius 1 is 1.30 bits per heavy atom. The van der Waals surface area contributed by atoms with Gasteiger partial charge in [0.15, 0.2) is 0 Å². The molecule has 7 heteroatoms. The summed E-state index contributed by atoms with van der Waals surface area (Å²) < 4.78 is 13.5. The molecule has 3 rings (SSSR count). The lowest BCUT2D eigenvalue weighted by Crippen LogP contribution is -2.07. The lowest BCUT2D eigenvalue weighted by atomic mass is 10.0. The maximum absolute atomic E-state index is 13.3. The third kappa shape index (κ3) is 2.05. The number of hydrogen-bond acceptors (Lipinski definition) is 4. The maximum atomic E-state index is 13.3. The molecule has 0 radical (unpaired) electrons. The van der Waals surface area contributed by atoms with Crippen molar-refractivity contribution in [1.82, 2.24) is 15.2 Å². The van der Waals surface area contributed by atoms with Gasteiger partial charge >= 0.3 is 0 Å². The summed E-state index contributed by atoms with van der Waals surface area (Å²) in [6.07, 6.45) is 1.54. The molecule has 0 fully saturated rings. The highest BCUT2D eigenvalue weighted by Crippen LogP contribution is 2.30. The van der Waals surface area contributed by atoms with E-state index in [1.165, 1.54) is 0 Å². The minimum Gasteiger partial charge on any atom is -0.383 e. The van der Waals surface area contributed by atoms with Crippen molar-refractivity contribution in [1.29, 1.82) is 0 Å². The molecule has 0 aliphatic heterocycles. The molecule has 2 heterocycles. The molecule has 3 aromatic rings. The van der Waals surface area contributed by atoms with Crippen molar-refractivity contribution in [3.05, 3.63) is 51.2 Å². The highest BCUT2D eigenvalue weighted by molar-refractivity contribution is 9.10. The van der Waals surface area contributed by atoms with E-state index < -0.39 is 5.95 Å². The molecular formula is C13H8BrFN4O. The molecule has 3 N–H and O–H groups in total. The Morgan fingerprint density at radius 2 is 2.10 bits per heavy atom. The molecule has 0 amide bonds. The van der Waals surface area contributed by atoms with Crippen LogP contribution in [-0.4, -0.2) is 15.2 Å². The van der Waals surface area contributed by atoms with Gasteiger partial charge in [-0.25, -0.2) is 10.1 Å². The van der Waals surface area contributed by atoms with E-state index in [1.807, 2.05) is 0 Å². The summed E-state index contributed by atoms with van der Waals surface area (Å²) in [5.74, 6) is -0.576. The second kappa shape index (κ2) is 4.68. The number of anilines is 1. The Hall–Kier alpha value is -2.28. The predicted octanol–water partition coefficient (Wildman–Crippen LogP) is 2.47. The first-order valence-electron chi connectivity index (χ1n) is 5.65. The molecule has 100 valence electrons. The van der Waals surface area contributed by atoms with Crippen molar-refractivity contribution in [3.8, 4) is 11.1 Å². The number of nitrogens with two attached hydrogens (primary N) is 1. The molecule has 20 heavy (non-hydrogen) atoms. The van der Waals surface area contributed by atoms with Crippen molar-refractivity contribution >= 4 is 32.5 Å². The van der Waals surface area contributed by atoms with E-state index in [2.05, 4.69) is 31.1 Å².